The molecule has 7 nitrogen and oxygen atoms in total. The third-order valence-corrected chi connectivity index (χ3v) is 5.90. The van der Waals surface area contributed by atoms with Gasteiger partial charge in [-0.3, -0.25) is 4.79 Å². The Hall–Kier alpha value is -2.92. The predicted molar refractivity (Wildman–Crippen MR) is 124 cm³/mol. The molecule has 2 unspecified atom stereocenters. The second kappa shape index (κ2) is 10.3. The highest BCUT2D eigenvalue weighted by Crippen LogP contribution is 2.33. The fourth-order valence-electron chi connectivity index (χ4n) is 3.67. The fourth-order valence-corrected chi connectivity index (χ4v) is 4.01. The zero-order chi connectivity index (χ0) is 23.3. The standard InChI is InChI=1S/C24H21Cl2N3O4/c25-16-7-8-19-20(12-16)28-14-23(29-19)32-11-9-22(30)24(15-27,13-17-4-3-10-31-17)33-21-6-2-1-5-18(21)26/h1-2,5-8,12,14,17H,3-4,9-11,13H2. The van der Waals surface area contributed by atoms with Crippen molar-refractivity contribution in [3.8, 4) is 17.7 Å². The van der Waals surface area contributed by atoms with Gasteiger partial charge in [-0.2, -0.15) is 5.26 Å². The minimum absolute atomic E-state index is 0.00739. The number of hydrogen-bond donors (Lipinski definition) is 0. The molecule has 33 heavy (non-hydrogen) atoms. The van der Waals surface area contributed by atoms with Gasteiger partial charge in [-0.05, 0) is 43.2 Å². The lowest BCUT2D eigenvalue weighted by Crippen LogP contribution is -2.46. The molecule has 0 aliphatic carbocycles. The molecule has 1 fully saturated rings. The van der Waals surface area contributed by atoms with Crippen LogP contribution in [0.4, 0.5) is 0 Å². The first kappa shape index (κ1) is 23.2. The van der Waals surface area contributed by atoms with Crippen molar-refractivity contribution in [1.29, 1.82) is 5.26 Å². The van der Waals surface area contributed by atoms with Gasteiger partial charge in [0.15, 0.2) is 5.78 Å². The highest BCUT2D eigenvalue weighted by molar-refractivity contribution is 6.32. The second-order valence-electron chi connectivity index (χ2n) is 7.67. The normalized spacial score (nSPS) is 17.3. The molecule has 170 valence electrons. The summed E-state index contributed by atoms with van der Waals surface area (Å²) in [7, 11) is 0. The number of para-hydroxylation sites is 1. The molecule has 9 heteroatoms. The SMILES string of the molecule is N#CC(CC1CCCO1)(Oc1ccccc1Cl)C(=O)CCOc1cnc2cc(Cl)ccc2n1. The molecule has 1 aliphatic heterocycles. The van der Waals surface area contributed by atoms with E-state index in [4.69, 9.17) is 37.4 Å². The van der Waals surface area contributed by atoms with E-state index in [1.165, 1.54) is 6.20 Å². The molecule has 0 N–H and O–H groups in total. The maximum Gasteiger partial charge on any atom is 0.254 e. The summed E-state index contributed by atoms with van der Waals surface area (Å²) < 4.78 is 17.3. The Morgan fingerprint density at radius 3 is 2.85 bits per heavy atom. The van der Waals surface area contributed by atoms with Gasteiger partial charge in [-0.1, -0.05) is 35.3 Å². The molecule has 0 spiro atoms. The van der Waals surface area contributed by atoms with Gasteiger partial charge >= 0.3 is 0 Å². The van der Waals surface area contributed by atoms with Gasteiger partial charge in [0.1, 0.15) is 11.8 Å². The minimum Gasteiger partial charge on any atom is -0.476 e. The number of nitrogens with zero attached hydrogens (tertiary/aromatic N) is 3. The molecule has 1 aromatic heterocycles. The Labute approximate surface area is 201 Å². The number of rotatable bonds is 9. The number of carbonyl (C=O) groups is 1. The number of fused-ring (bicyclic) bond motifs is 1. The summed E-state index contributed by atoms with van der Waals surface area (Å²) in [5.74, 6) is 0.124. The lowest BCUT2D eigenvalue weighted by molar-refractivity contribution is -0.133. The van der Waals surface area contributed by atoms with Crippen LogP contribution in [-0.2, 0) is 9.53 Å². The Kier molecular flexibility index (Phi) is 7.29. The van der Waals surface area contributed by atoms with Crippen LogP contribution >= 0.6 is 23.2 Å². The van der Waals surface area contributed by atoms with Crippen molar-refractivity contribution >= 4 is 40.0 Å². The van der Waals surface area contributed by atoms with Crippen LogP contribution in [0.25, 0.3) is 11.0 Å². The first-order valence-electron chi connectivity index (χ1n) is 10.5. The summed E-state index contributed by atoms with van der Waals surface area (Å²) in [6.45, 7) is 0.606. The Balaban J connectivity index is 1.48. The lowest BCUT2D eigenvalue weighted by Gasteiger charge is -2.29. The van der Waals surface area contributed by atoms with Crippen LogP contribution in [0, 0.1) is 11.3 Å². The molecule has 0 saturated carbocycles. The summed E-state index contributed by atoms with van der Waals surface area (Å²) in [4.78, 5) is 21.9. The van der Waals surface area contributed by atoms with E-state index in [1.54, 1.807) is 42.5 Å². The van der Waals surface area contributed by atoms with E-state index in [-0.39, 0.29) is 37.2 Å². The molecule has 1 aliphatic rings. The number of ether oxygens (including phenoxy) is 3. The van der Waals surface area contributed by atoms with Crippen LogP contribution in [0.2, 0.25) is 10.0 Å². The van der Waals surface area contributed by atoms with Crippen molar-refractivity contribution < 1.29 is 19.0 Å². The van der Waals surface area contributed by atoms with E-state index in [9.17, 15) is 10.1 Å². The molecular formula is C24H21Cl2N3O4. The number of benzene rings is 2. The maximum absolute atomic E-state index is 13.3. The summed E-state index contributed by atoms with van der Waals surface area (Å²) in [5, 5.41) is 10.9. The van der Waals surface area contributed by atoms with E-state index in [2.05, 4.69) is 16.0 Å². The average Bonchev–Trinajstić information content (AvgIpc) is 3.33. The molecule has 4 rings (SSSR count). The lowest BCUT2D eigenvalue weighted by atomic mass is 9.89. The van der Waals surface area contributed by atoms with Gasteiger partial charge in [0.25, 0.3) is 5.60 Å². The summed E-state index contributed by atoms with van der Waals surface area (Å²) in [6.07, 6.45) is 2.91. The number of aromatic nitrogens is 2. The van der Waals surface area contributed by atoms with Crippen molar-refractivity contribution in [3.05, 3.63) is 58.7 Å². The molecular weight excluding hydrogens is 465 g/mol. The highest BCUT2D eigenvalue weighted by Gasteiger charge is 2.44. The third kappa shape index (κ3) is 5.53. The van der Waals surface area contributed by atoms with Crippen molar-refractivity contribution in [1.82, 2.24) is 9.97 Å². The number of hydrogen-bond acceptors (Lipinski definition) is 7. The molecule has 2 heterocycles. The molecule has 3 aromatic rings. The van der Waals surface area contributed by atoms with Gasteiger partial charge in [0.2, 0.25) is 5.88 Å². The van der Waals surface area contributed by atoms with Gasteiger partial charge < -0.3 is 14.2 Å². The largest absolute Gasteiger partial charge is 0.476 e. The Bertz CT molecular complexity index is 1190. The number of halogens is 2. The first-order valence-corrected chi connectivity index (χ1v) is 11.3. The molecule has 2 aromatic carbocycles. The summed E-state index contributed by atoms with van der Waals surface area (Å²) >= 11 is 12.2. The maximum atomic E-state index is 13.3. The van der Waals surface area contributed by atoms with Gasteiger partial charge in [-0.25, -0.2) is 9.97 Å². The van der Waals surface area contributed by atoms with E-state index in [0.29, 0.717) is 27.7 Å². The van der Waals surface area contributed by atoms with Crippen molar-refractivity contribution in [2.45, 2.75) is 37.4 Å². The number of nitriles is 1. The number of ketones is 1. The summed E-state index contributed by atoms with van der Waals surface area (Å²) in [6, 6.07) is 14.0. The summed E-state index contributed by atoms with van der Waals surface area (Å²) in [5.41, 5.74) is -0.482. The highest BCUT2D eigenvalue weighted by atomic mass is 35.5. The van der Waals surface area contributed by atoms with Crippen LogP contribution in [0.15, 0.2) is 48.7 Å². The molecule has 0 amide bonds. The van der Waals surface area contributed by atoms with Crippen molar-refractivity contribution in [2.75, 3.05) is 13.2 Å². The monoisotopic (exact) mass is 485 g/mol. The second-order valence-corrected chi connectivity index (χ2v) is 8.52. The van der Waals surface area contributed by atoms with E-state index in [0.717, 1.165) is 12.8 Å². The van der Waals surface area contributed by atoms with Crippen LogP contribution < -0.4 is 9.47 Å². The van der Waals surface area contributed by atoms with Crippen LogP contribution in [0.1, 0.15) is 25.7 Å². The van der Waals surface area contributed by atoms with Gasteiger partial charge in [-0.15, -0.1) is 0 Å². The zero-order valence-corrected chi connectivity index (χ0v) is 19.2. The van der Waals surface area contributed by atoms with Gasteiger partial charge in [0.05, 0.1) is 35.0 Å². The molecule has 1 saturated heterocycles. The average molecular weight is 486 g/mol. The van der Waals surface area contributed by atoms with Crippen molar-refractivity contribution in [3.63, 3.8) is 0 Å². The van der Waals surface area contributed by atoms with Crippen LogP contribution in [0.3, 0.4) is 0 Å². The van der Waals surface area contributed by atoms with E-state index < -0.39 is 11.4 Å². The first-order chi connectivity index (χ1) is 16.0. The molecule has 2 atom stereocenters. The quantitative estimate of drug-likeness (QED) is 0.411. The number of carbonyl (C=O) groups excluding carboxylic acids is 1. The third-order valence-electron chi connectivity index (χ3n) is 5.35. The van der Waals surface area contributed by atoms with Crippen LogP contribution in [0.5, 0.6) is 11.6 Å². The van der Waals surface area contributed by atoms with Crippen molar-refractivity contribution in [2.24, 2.45) is 0 Å². The van der Waals surface area contributed by atoms with Crippen LogP contribution in [-0.4, -0.2) is 40.7 Å². The Morgan fingerprint density at radius 1 is 1.24 bits per heavy atom. The zero-order valence-electron chi connectivity index (χ0n) is 17.7. The fraction of sp³-hybridized carbons (Fsp3) is 0.333. The Morgan fingerprint density at radius 2 is 2.09 bits per heavy atom. The molecule has 0 radical (unpaired) electrons. The van der Waals surface area contributed by atoms with Gasteiger partial charge in [0, 0.05) is 24.5 Å². The predicted octanol–water partition coefficient (Wildman–Crippen LogP) is 5.19. The number of Topliss-reactive ketones (excluding diaryl/α,β-unsaturated/α-hetero) is 1. The molecule has 0 bridgehead atoms. The minimum atomic E-state index is -1.74. The topological polar surface area (TPSA) is 94.3 Å². The van der Waals surface area contributed by atoms with E-state index in [1.807, 2.05) is 0 Å². The smallest absolute Gasteiger partial charge is 0.254 e. The van der Waals surface area contributed by atoms with E-state index >= 15 is 0 Å².